The van der Waals surface area contributed by atoms with Crippen LogP contribution in [0.4, 0.5) is 24.0 Å². The molecule has 7 nitrogen and oxygen atoms in total. The number of nitrogens with one attached hydrogen (secondary N) is 2. The smallest absolute Gasteiger partial charge is 0.416 e. The SMILES string of the molecule is CCOc1cc(/C=N\NC(=O)Cc2csc(Nc3cccc(C(F)(F)F)c3)n2)cc(I)c1OCc1ccc(Cl)cc1. The molecule has 1 heterocycles. The summed E-state index contributed by atoms with van der Waals surface area (Å²) in [5, 5.41) is 9.54. The van der Waals surface area contributed by atoms with Crippen LogP contribution in [0.5, 0.6) is 11.5 Å². The monoisotopic (exact) mass is 714 g/mol. The van der Waals surface area contributed by atoms with Crippen LogP contribution < -0.4 is 20.2 Å². The molecule has 0 atom stereocenters. The molecule has 1 amide bonds. The zero-order chi connectivity index (χ0) is 29.4. The quantitative estimate of drug-likeness (QED) is 0.0940. The van der Waals surface area contributed by atoms with Gasteiger partial charge in [-0.25, -0.2) is 10.4 Å². The van der Waals surface area contributed by atoms with Crippen molar-refractivity contribution in [2.24, 2.45) is 5.10 Å². The summed E-state index contributed by atoms with van der Waals surface area (Å²) in [6, 6.07) is 15.8. The van der Waals surface area contributed by atoms with E-state index in [2.05, 4.69) is 43.4 Å². The molecule has 1 aromatic heterocycles. The number of aromatic nitrogens is 1. The van der Waals surface area contributed by atoms with E-state index in [1.807, 2.05) is 25.1 Å². The lowest BCUT2D eigenvalue weighted by molar-refractivity contribution is -0.137. The van der Waals surface area contributed by atoms with Gasteiger partial charge in [0.25, 0.3) is 0 Å². The molecule has 0 bridgehead atoms. The lowest BCUT2D eigenvalue weighted by atomic mass is 10.2. The van der Waals surface area contributed by atoms with E-state index in [1.165, 1.54) is 29.7 Å². The maximum absolute atomic E-state index is 12.9. The molecular formula is C28H23ClF3IN4O3S. The van der Waals surface area contributed by atoms with E-state index in [-0.39, 0.29) is 12.1 Å². The summed E-state index contributed by atoms with van der Waals surface area (Å²) in [7, 11) is 0. The molecule has 4 rings (SSSR count). The first kappa shape index (κ1) is 30.6. The van der Waals surface area contributed by atoms with Crippen LogP contribution in [0.15, 0.2) is 71.1 Å². The summed E-state index contributed by atoms with van der Waals surface area (Å²) in [4.78, 5) is 16.7. The highest BCUT2D eigenvalue weighted by Crippen LogP contribution is 2.35. The molecule has 0 radical (unpaired) electrons. The van der Waals surface area contributed by atoms with E-state index in [4.69, 9.17) is 21.1 Å². The van der Waals surface area contributed by atoms with Crippen LogP contribution in [0.25, 0.3) is 0 Å². The molecule has 0 spiro atoms. The number of alkyl halides is 3. The Morgan fingerprint density at radius 3 is 2.66 bits per heavy atom. The predicted molar refractivity (Wildman–Crippen MR) is 162 cm³/mol. The van der Waals surface area contributed by atoms with Crippen LogP contribution in [0.3, 0.4) is 0 Å². The Kier molecular flexibility index (Phi) is 10.5. The van der Waals surface area contributed by atoms with Crippen molar-refractivity contribution in [3.05, 3.63) is 97.0 Å². The number of amides is 1. The fourth-order valence-electron chi connectivity index (χ4n) is 3.53. The normalized spacial score (nSPS) is 11.5. The largest absolute Gasteiger partial charge is 0.490 e. The van der Waals surface area contributed by atoms with Crippen molar-refractivity contribution in [3.8, 4) is 11.5 Å². The third kappa shape index (κ3) is 9.07. The van der Waals surface area contributed by atoms with Crippen molar-refractivity contribution in [2.75, 3.05) is 11.9 Å². The number of hydrogen-bond donors (Lipinski definition) is 2. The van der Waals surface area contributed by atoms with Gasteiger partial charge in [-0.2, -0.15) is 18.3 Å². The maximum Gasteiger partial charge on any atom is 0.416 e. The van der Waals surface area contributed by atoms with Gasteiger partial charge in [-0.3, -0.25) is 4.79 Å². The number of nitrogens with zero attached hydrogens (tertiary/aromatic N) is 2. The number of carbonyl (C=O) groups excluding carboxylic acids is 1. The third-order valence-corrected chi connectivity index (χ3v) is 7.23. The highest BCUT2D eigenvalue weighted by molar-refractivity contribution is 14.1. The lowest BCUT2D eigenvalue weighted by Gasteiger charge is -2.14. The number of rotatable bonds is 11. The molecule has 0 fully saturated rings. The number of ether oxygens (including phenoxy) is 2. The van der Waals surface area contributed by atoms with Gasteiger partial charge in [0.2, 0.25) is 5.91 Å². The van der Waals surface area contributed by atoms with E-state index in [0.717, 1.165) is 21.3 Å². The first-order valence-corrected chi connectivity index (χ1v) is 14.5. The average Bonchev–Trinajstić information content (AvgIpc) is 3.35. The van der Waals surface area contributed by atoms with Crippen molar-refractivity contribution in [1.29, 1.82) is 0 Å². The second-order valence-corrected chi connectivity index (χ2v) is 11.0. The molecule has 2 N–H and O–H groups in total. The number of anilines is 2. The van der Waals surface area contributed by atoms with Crippen LogP contribution >= 0.6 is 45.5 Å². The highest BCUT2D eigenvalue weighted by atomic mass is 127. The fourth-order valence-corrected chi connectivity index (χ4v) is 5.16. The van der Waals surface area contributed by atoms with Gasteiger partial charge < -0.3 is 14.8 Å². The van der Waals surface area contributed by atoms with Crippen molar-refractivity contribution < 1.29 is 27.4 Å². The molecule has 0 aliphatic heterocycles. The van der Waals surface area contributed by atoms with Gasteiger partial charge in [0.1, 0.15) is 6.61 Å². The summed E-state index contributed by atoms with van der Waals surface area (Å²) in [5.41, 5.74) is 4.05. The van der Waals surface area contributed by atoms with E-state index in [1.54, 1.807) is 23.6 Å². The predicted octanol–water partition coefficient (Wildman–Crippen LogP) is 7.83. The fraction of sp³-hybridized carbons (Fsp3) is 0.179. The number of halogens is 5. The summed E-state index contributed by atoms with van der Waals surface area (Å²) < 4.78 is 51.4. The van der Waals surface area contributed by atoms with Gasteiger partial charge in [-0.1, -0.05) is 29.8 Å². The summed E-state index contributed by atoms with van der Waals surface area (Å²) in [6.07, 6.45) is -3.01. The number of hydrazone groups is 1. The van der Waals surface area contributed by atoms with Gasteiger partial charge >= 0.3 is 6.18 Å². The zero-order valence-electron chi connectivity index (χ0n) is 21.5. The summed E-state index contributed by atoms with van der Waals surface area (Å²) in [6.45, 7) is 2.64. The molecule has 214 valence electrons. The molecule has 0 saturated carbocycles. The standard InChI is InChI=1S/C28H23ClF3IN4O3S/c1-2-39-24-11-18(10-23(33)26(24)40-15-17-6-8-20(29)9-7-17)14-34-37-25(38)13-22-16-41-27(36-22)35-21-5-3-4-19(12-21)28(30,31)32/h3-12,14,16H,2,13,15H2,1H3,(H,35,36)(H,37,38)/b34-14-. The van der Waals surface area contributed by atoms with Gasteiger partial charge in [0.15, 0.2) is 16.6 Å². The molecule has 0 saturated heterocycles. The maximum atomic E-state index is 12.9. The molecule has 4 aromatic rings. The Balaban J connectivity index is 1.34. The molecule has 13 heteroatoms. The molecule has 3 aromatic carbocycles. The number of hydrogen-bond acceptors (Lipinski definition) is 7. The molecule has 0 aliphatic rings. The number of thiazole rings is 1. The van der Waals surface area contributed by atoms with Gasteiger partial charge in [-0.05, 0) is 83.1 Å². The minimum absolute atomic E-state index is 0.0582. The Morgan fingerprint density at radius 2 is 1.93 bits per heavy atom. The molecule has 0 unspecified atom stereocenters. The van der Waals surface area contributed by atoms with Crippen LogP contribution in [0, 0.1) is 3.57 Å². The first-order valence-electron chi connectivity index (χ1n) is 12.1. The number of carbonyl (C=O) groups is 1. The lowest BCUT2D eigenvalue weighted by Crippen LogP contribution is -2.20. The topological polar surface area (TPSA) is 84.8 Å². The summed E-state index contributed by atoms with van der Waals surface area (Å²) >= 11 is 9.28. The van der Waals surface area contributed by atoms with Crippen molar-refractivity contribution in [1.82, 2.24) is 10.4 Å². The Hall–Kier alpha value is -3.36. The second kappa shape index (κ2) is 14.0. The molecular weight excluding hydrogens is 692 g/mol. The molecule has 41 heavy (non-hydrogen) atoms. The van der Waals surface area contributed by atoms with Gasteiger partial charge in [-0.15, -0.1) is 11.3 Å². The van der Waals surface area contributed by atoms with Crippen LogP contribution in [0.2, 0.25) is 5.02 Å². The summed E-state index contributed by atoms with van der Waals surface area (Å²) in [5.74, 6) is 0.742. The Labute approximate surface area is 256 Å². The Bertz CT molecular complexity index is 1530. The first-order chi connectivity index (χ1) is 19.6. The van der Waals surface area contributed by atoms with E-state index in [0.29, 0.717) is 46.1 Å². The zero-order valence-corrected chi connectivity index (χ0v) is 25.2. The van der Waals surface area contributed by atoms with Crippen molar-refractivity contribution >= 4 is 68.5 Å². The average molecular weight is 715 g/mol. The Morgan fingerprint density at radius 1 is 1.15 bits per heavy atom. The second-order valence-electron chi connectivity index (χ2n) is 8.50. The van der Waals surface area contributed by atoms with Gasteiger partial charge in [0.05, 0.1) is 34.1 Å². The highest BCUT2D eigenvalue weighted by Gasteiger charge is 2.30. The van der Waals surface area contributed by atoms with Crippen LogP contribution in [0.1, 0.15) is 29.3 Å². The van der Waals surface area contributed by atoms with Crippen molar-refractivity contribution in [3.63, 3.8) is 0 Å². The van der Waals surface area contributed by atoms with Gasteiger partial charge in [0, 0.05) is 16.1 Å². The van der Waals surface area contributed by atoms with Crippen LogP contribution in [-0.2, 0) is 24.0 Å². The number of benzene rings is 3. The molecule has 0 aliphatic carbocycles. The van der Waals surface area contributed by atoms with Crippen LogP contribution in [-0.4, -0.2) is 23.7 Å². The minimum atomic E-state index is -4.44. The van der Waals surface area contributed by atoms with E-state index >= 15 is 0 Å². The minimum Gasteiger partial charge on any atom is -0.490 e. The third-order valence-electron chi connectivity index (χ3n) is 5.37. The van der Waals surface area contributed by atoms with E-state index < -0.39 is 17.6 Å². The van der Waals surface area contributed by atoms with E-state index in [9.17, 15) is 18.0 Å². The van der Waals surface area contributed by atoms with Crippen molar-refractivity contribution in [2.45, 2.75) is 26.1 Å².